The van der Waals surface area contributed by atoms with E-state index in [2.05, 4.69) is 16.9 Å². The molecule has 1 amide bonds. The molecule has 0 saturated heterocycles. The molecule has 1 unspecified atom stereocenters. The highest BCUT2D eigenvalue weighted by atomic mass is 16.5. The van der Waals surface area contributed by atoms with Gasteiger partial charge in [0.1, 0.15) is 5.75 Å². The van der Waals surface area contributed by atoms with Crippen LogP contribution in [-0.2, 0) is 11.2 Å². The number of ether oxygens (including phenoxy) is 1. The summed E-state index contributed by atoms with van der Waals surface area (Å²) in [6.45, 7) is 6.21. The lowest BCUT2D eigenvalue weighted by atomic mass is 10.2. The maximum Gasteiger partial charge on any atom is 0.261 e. The number of carbonyl (C=O) groups is 1. The zero-order chi connectivity index (χ0) is 13.4. The van der Waals surface area contributed by atoms with Crippen LogP contribution in [0.3, 0.4) is 0 Å². The Hall–Kier alpha value is -1.88. The summed E-state index contributed by atoms with van der Waals surface area (Å²) in [7, 11) is 0. The van der Waals surface area contributed by atoms with Crippen molar-refractivity contribution in [2.45, 2.75) is 19.4 Å². The van der Waals surface area contributed by atoms with E-state index in [1.54, 1.807) is 25.3 Å². The Morgan fingerprint density at radius 3 is 3.00 bits per heavy atom. The second-order valence-electron chi connectivity index (χ2n) is 3.82. The zero-order valence-corrected chi connectivity index (χ0v) is 10.6. The first-order valence-electron chi connectivity index (χ1n) is 5.87. The first-order chi connectivity index (χ1) is 8.67. The fourth-order valence-electron chi connectivity index (χ4n) is 1.35. The number of carbonyl (C=O) groups excluding carboxylic acids is 1. The second kappa shape index (κ2) is 7.45. The minimum absolute atomic E-state index is 0.180. The third-order valence-corrected chi connectivity index (χ3v) is 2.30. The van der Waals surface area contributed by atoms with E-state index in [0.717, 1.165) is 12.1 Å². The number of rotatable bonds is 7. The molecule has 0 radical (unpaired) electrons. The molecule has 0 bridgehead atoms. The van der Waals surface area contributed by atoms with Crippen molar-refractivity contribution >= 4 is 5.91 Å². The summed E-state index contributed by atoms with van der Waals surface area (Å²) in [5.74, 6) is 0.387. The highest BCUT2D eigenvalue weighted by Crippen LogP contribution is 2.11. The largest absolute Gasteiger partial charge is 0.479 e. The highest BCUT2D eigenvalue weighted by Gasteiger charge is 2.13. The van der Waals surface area contributed by atoms with Gasteiger partial charge in [-0.3, -0.25) is 9.78 Å². The van der Waals surface area contributed by atoms with E-state index in [9.17, 15) is 4.79 Å². The average molecular weight is 249 g/mol. The van der Waals surface area contributed by atoms with E-state index in [0.29, 0.717) is 18.8 Å². The normalized spacial score (nSPS) is 11.7. The maximum absolute atomic E-state index is 11.6. The molecular formula is C13H19N3O2. The van der Waals surface area contributed by atoms with Crippen LogP contribution >= 0.6 is 0 Å². The van der Waals surface area contributed by atoms with Crippen molar-refractivity contribution in [1.82, 2.24) is 10.3 Å². The molecule has 5 nitrogen and oxygen atoms in total. The van der Waals surface area contributed by atoms with Gasteiger partial charge in [0.05, 0.1) is 6.20 Å². The molecule has 98 valence electrons. The van der Waals surface area contributed by atoms with Crippen LogP contribution in [0.2, 0.25) is 0 Å². The molecule has 1 heterocycles. The number of hydrogen-bond acceptors (Lipinski definition) is 4. The molecule has 0 aliphatic rings. The first kappa shape index (κ1) is 14.2. The number of amides is 1. The van der Waals surface area contributed by atoms with Gasteiger partial charge in [-0.25, -0.2) is 0 Å². The van der Waals surface area contributed by atoms with Gasteiger partial charge in [0.25, 0.3) is 5.91 Å². The Morgan fingerprint density at radius 2 is 2.44 bits per heavy atom. The van der Waals surface area contributed by atoms with E-state index in [1.165, 1.54) is 0 Å². The van der Waals surface area contributed by atoms with Crippen LogP contribution in [0.5, 0.6) is 5.75 Å². The van der Waals surface area contributed by atoms with E-state index in [4.69, 9.17) is 10.5 Å². The fraction of sp³-hybridized carbons (Fsp3) is 0.385. The SMILES string of the molecule is C=CCNC(=O)C(C)Oc1ccc(CCN)nc1. The van der Waals surface area contributed by atoms with Gasteiger partial charge in [-0.1, -0.05) is 6.08 Å². The van der Waals surface area contributed by atoms with Crippen LogP contribution in [0.1, 0.15) is 12.6 Å². The van der Waals surface area contributed by atoms with Gasteiger partial charge in [-0.15, -0.1) is 6.58 Å². The van der Waals surface area contributed by atoms with Crippen LogP contribution in [-0.4, -0.2) is 30.1 Å². The molecule has 0 saturated carbocycles. The predicted molar refractivity (Wildman–Crippen MR) is 70.3 cm³/mol. The van der Waals surface area contributed by atoms with Gasteiger partial charge in [0.2, 0.25) is 0 Å². The average Bonchev–Trinajstić information content (AvgIpc) is 2.38. The van der Waals surface area contributed by atoms with E-state index in [-0.39, 0.29) is 5.91 Å². The molecular weight excluding hydrogens is 230 g/mol. The van der Waals surface area contributed by atoms with Crippen LogP contribution in [0, 0.1) is 0 Å². The molecule has 1 aromatic heterocycles. The fourth-order valence-corrected chi connectivity index (χ4v) is 1.35. The summed E-state index contributed by atoms with van der Waals surface area (Å²) >= 11 is 0. The smallest absolute Gasteiger partial charge is 0.261 e. The maximum atomic E-state index is 11.6. The van der Waals surface area contributed by atoms with Gasteiger partial charge >= 0.3 is 0 Å². The van der Waals surface area contributed by atoms with Gasteiger partial charge in [0.15, 0.2) is 6.10 Å². The lowest BCUT2D eigenvalue weighted by Gasteiger charge is -2.13. The quantitative estimate of drug-likeness (QED) is 0.696. The molecule has 0 aliphatic carbocycles. The summed E-state index contributed by atoms with van der Waals surface area (Å²) in [5.41, 5.74) is 6.34. The number of nitrogens with two attached hydrogens (primary N) is 1. The van der Waals surface area contributed by atoms with Gasteiger partial charge in [-0.05, 0) is 25.6 Å². The minimum Gasteiger partial charge on any atom is -0.479 e. The third-order valence-electron chi connectivity index (χ3n) is 2.30. The summed E-state index contributed by atoms with van der Waals surface area (Å²) in [6, 6.07) is 3.63. The monoisotopic (exact) mass is 249 g/mol. The first-order valence-corrected chi connectivity index (χ1v) is 5.87. The molecule has 1 aromatic rings. The summed E-state index contributed by atoms with van der Waals surface area (Å²) in [6.07, 6.45) is 3.39. The van der Waals surface area contributed by atoms with Gasteiger partial charge in [0, 0.05) is 18.7 Å². The Balaban J connectivity index is 2.50. The molecule has 0 spiro atoms. The molecule has 3 N–H and O–H groups in total. The second-order valence-corrected chi connectivity index (χ2v) is 3.82. The summed E-state index contributed by atoms with van der Waals surface area (Å²) in [5, 5.41) is 2.67. The molecule has 0 aliphatic heterocycles. The lowest BCUT2D eigenvalue weighted by molar-refractivity contribution is -0.127. The van der Waals surface area contributed by atoms with Crippen LogP contribution in [0.25, 0.3) is 0 Å². The number of hydrogen-bond donors (Lipinski definition) is 2. The lowest BCUT2D eigenvalue weighted by Crippen LogP contribution is -2.36. The minimum atomic E-state index is -0.563. The molecule has 0 fully saturated rings. The summed E-state index contributed by atoms with van der Waals surface area (Å²) in [4.78, 5) is 15.7. The Kier molecular flexibility index (Phi) is 5.87. The molecule has 1 atom stereocenters. The van der Waals surface area contributed by atoms with E-state index < -0.39 is 6.10 Å². The van der Waals surface area contributed by atoms with Crippen LogP contribution in [0.4, 0.5) is 0 Å². The number of nitrogens with one attached hydrogen (secondary N) is 1. The Labute approximate surface area is 107 Å². The van der Waals surface area contributed by atoms with Crippen LogP contribution < -0.4 is 15.8 Å². The standard InChI is InChI=1S/C13H19N3O2/c1-3-8-15-13(17)10(2)18-12-5-4-11(6-7-14)16-9-12/h3-5,9-10H,1,6-8,14H2,2H3,(H,15,17). The zero-order valence-electron chi connectivity index (χ0n) is 10.6. The van der Waals surface area contributed by atoms with Crippen LogP contribution in [0.15, 0.2) is 31.0 Å². The topological polar surface area (TPSA) is 77.2 Å². The van der Waals surface area contributed by atoms with Crippen molar-refractivity contribution in [3.8, 4) is 5.75 Å². The van der Waals surface area contributed by atoms with Crippen molar-refractivity contribution in [1.29, 1.82) is 0 Å². The molecule has 1 rings (SSSR count). The van der Waals surface area contributed by atoms with Crippen molar-refractivity contribution in [3.63, 3.8) is 0 Å². The van der Waals surface area contributed by atoms with E-state index >= 15 is 0 Å². The molecule has 5 heteroatoms. The van der Waals surface area contributed by atoms with Crippen molar-refractivity contribution in [3.05, 3.63) is 36.7 Å². The van der Waals surface area contributed by atoms with E-state index in [1.807, 2.05) is 6.07 Å². The van der Waals surface area contributed by atoms with Gasteiger partial charge < -0.3 is 15.8 Å². The van der Waals surface area contributed by atoms with Crippen molar-refractivity contribution in [2.75, 3.05) is 13.1 Å². The highest BCUT2D eigenvalue weighted by molar-refractivity contribution is 5.80. The number of aromatic nitrogens is 1. The summed E-state index contributed by atoms with van der Waals surface area (Å²) < 4.78 is 5.47. The Bertz CT molecular complexity index is 390. The number of nitrogens with zero attached hydrogens (tertiary/aromatic N) is 1. The van der Waals surface area contributed by atoms with Crippen molar-refractivity contribution < 1.29 is 9.53 Å². The van der Waals surface area contributed by atoms with Gasteiger partial charge in [-0.2, -0.15) is 0 Å². The number of pyridine rings is 1. The van der Waals surface area contributed by atoms with Crippen molar-refractivity contribution in [2.24, 2.45) is 5.73 Å². The molecule has 0 aromatic carbocycles. The third kappa shape index (κ3) is 4.55. The Morgan fingerprint density at radius 1 is 1.67 bits per heavy atom. The predicted octanol–water partition coefficient (Wildman–Crippen LogP) is 0.652. The molecule has 18 heavy (non-hydrogen) atoms.